The summed E-state index contributed by atoms with van der Waals surface area (Å²) in [6.07, 6.45) is 7.18. The van der Waals surface area contributed by atoms with Crippen molar-refractivity contribution in [1.29, 1.82) is 0 Å². The van der Waals surface area contributed by atoms with Gasteiger partial charge in [-0.25, -0.2) is 4.68 Å². The Morgan fingerprint density at radius 2 is 2.18 bits per heavy atom. The van der Waals surface area contributed by atoms with E-state index in [9.17, 15) is 4.79 Å². The lowest BCUT2D eigenvalue weighted by molar-refractivity contribution is -0.119. The van der Waals surface area contributed by atoms with Crippen LogP contribution in [0.15, 0.2) is 47.7 Å². The van der Waals surface area contributed by atoms with Crippen LogP contribution in [0.5, 0.6) is 0 Å². The van der Waals surface area contributed by atoms with Gasteiger partial charge in [0.25, 0.3) is 0 Å². The van der Waals surface area contributed by atoms with Gasteiger partial charge in [0.2, 0.25) is 5.91 Å². The zero-order chi connectivity index (χ0) is 19.8. The van der Waals surface area contributed by atoms with Crippen molar-refractivity contribution in [2.45, 2.75) is 32.6 Å². The van der Waals surface area contributed by atoms with Gasteiger partial charge in [-0.1, -0.05) is 12.1 Å². The van der Waals surface area contributed by atoms with E-state index in [1.807, 2.05) is 16.9 Å². The van der Waals surface area contributed by atoms with E-state index < -0.39 is 0 Å². The zero-order valence-electron chi connectivity index (χ0n) is 16.6. The number of aliphatic imine (C=N–C) groups is 1. The summed E-state index contributed by atoms with van der Waals surface area (Å²) in [5.74, 6) is 1.04. The highest BCUT2D eigenvalue weighted by Crippen LogP contribution is 2.19. The van der Waals surface area contributed by atoms with Crippen LogP contribution in [-0.2, 0) is 11.2 Å². The van der Waals surface area contributed by atoms with Crippen LogP contribution >= 0.6 is 0 Å². The van der Waals surface area contributed by atoms with Gasteiger partial charge in [-0.2, -0.15) is 5.10 Å². The van der Waals surface area contributed by atoms with Crippen molar-refractivity contribution in [2.75, 3.05) is 26.2 Å². The van der Waals surface area contributed by atoms with Gasteiger partial charge in [-0.05, 0) is 55.9 Å². The molecule has 1 aromatic carbocycles. The molecule has 7 nitrogen and oxygen atoms in total. The normalized spacial score (nSPS) is 17.5. The van der Waals surface area contributed by atoms with Crippen LogP contribution in [-0.4, -0.2) is 52.7 Å². The third-order valence-electron chi connectivity index (χ3n) is 5.01. The summed E-state index contributed by atoms with van der Waals surface area (Å²) in [5.41, 5.74) is 7.69. The SMILES string of the molecule is CCNC(=NCCc1ccc(-n2cccn2)cc1)N1CCCC(CC(N)=O)C1. The number of piperidine rings is 1. The number of nitrogens with two attached hydrogens (primary N) is 1. The maximum absolute atomic E-state index is 11.3. The molecule has 3 N–H and O–H groups in total. The Kier molecular flexibility index (Phi) is 7.06. The Hall–Kier alpha value is -2.83. The quantitative estimate of drug-likeness (QED) is 0.566. The monoisotopic (exact) mass is 382 g/mol. The molecule has 2 heterocycles. The fourth-order valence-electron chi connectivity index (χ4n) is 3.66. The molecule has 1 aliphatic heterocycles. The van der Waals surface area contributed by atoms with E-state index >= 15 is 0 Å². The van der Waals surface area contributed by atoms with Gasteiger partial charge in [0, 0.05) is 45.0 Å². The third-order valence-corrected chi connectivity index (χ3v) is 5.01. The van der Waals surface area contributed by atoms with Crippen molar-refractivity contribution in [1.82, 2.24) is 20.0 Å². The van der Waals surface area contributed by atoms with Gasteiger partial charge < -0.3 is 16.0 Å². The molecule has 2 aromatic rings. The summed E-state index contributed by atoms with van der Waals surface area (Å²) in [7, 11) is 0. The van der Waals surface area contributed by atoms with Crippen LogP contribution in [0, 0.1) is 5.92 Å². The summed E-state index contributed by atoms with van der Waals surface area (Å²) in [5, 5.41) is 7.64. The van der Waals surface area contributed by atoms with E-state index in [2.05, 4.69) is 46.5 Å². The van der Waals surface area contributed by atoms with E-state index in [0.29, 0.717) is 12.3 Å². The molecule has 1 unspecified atom stereocenters. The van der Waals surface area contributed by atoms with Crippen molar-refractivity contribution in [3.63, 3.8) is 0 Å². The Morgan fingerprint density at radius 3 is 2.86 bits per heavy atom. The van der Waals surface area contributed by atoms with Gasteiger partial charge in [0.1, 0.15) is 0 Å². The van der Waals surface area contributed by atoms with Crippen molar-refractivity contribution in [3.8, 4) is 5.69 Å². The number of carbonyl (C=O) groups excluding carboxylic acids is 1. The van der Waals surface area contributed by atoms with Crippen LogP contribution in [0.3, 0.4) is 0 Å². The van der Waals surface area contributed by atoms with E-state index in [-0.39, 0.29) is 5.91 Å². The number of carbonyl (C=O) groups is 1. The molecule has 0 aliphatic carbocycles. The molecule has 3 rings (SSSR count). The number of nitrogens with zero attached hydrogens (tertiary/aromatic N) is 4. The maximum atomic E-state index is 11.3. The standard InChI is InChI=1S/C21H30N6O/c1-2-23-21(26-13-3-5-18(16-26)15-20(22)28)24-12-10-17-6-8-19(9-7-17)27-14-4-11-25-27/h4,6-9,11,14,18H,2-3,5,10,12-13,15-16H2,1H3,(H2,22,28)(H,23,24). The summed E-state index contributed by atoms with van der Waals surface area (Å²) in [6, 6.07) is 10.3. The number of amides is 1. The van der Waals surface area contributed by atoms with Crippen LogP contribution in [0.2, 0.25) is 0 Å². The lowest BCUT2D eigenvalue weighted by atomic mass is 9.95. The highest BCUT2D eigenvalue weighted by molar-refractivity contribution is 5.80. The molecule has 1 saturated heterocycles. The molecule has 1 amide bonds. The first-order valence-electron chi connectivity index (χ1n) is 10.1. The Bertz CT molecular complexity index is 769. The number of hydrogen-bond donors (Lipinski definition) is 2. The van der Waals surface area contributed by atoms with Crippen molar-refractivity contribution < 1.29 is 4.79 Å². The number of guanidine groups is 1. The molecular formula is C21H30N6O. The van der Waals surface area contributed by atoms with Gasteiger partial charge in [-0.15, -0.1) is 0 Å². The smallest absolute Gasteiger partial charge is 0.217 e. The molecule has 0 radical (unpaired) electrons. The average molecular weight is 383 g/mol. The highest BCUT2D eigenvalue weighted by atomic mass is 16.1. The van der Waals surface area contributed by atoms with E-state index in [1.54, 1.807) is 6.20 Å². The number of hydrogen-bond acceptors (Lipinski definition) is 3. The molecule has 0 bridgehead atoms. The van der Waals surface area contributed by atoms with Crippen molar-refractivity contribution >= 4 is 11.9 Å². The molecule has 28 heavy (non-hydrogen) atoms. The highest BCUT2D eigenvalue weighted by Gasteiger charge is 2.23. The minimum atomic E-state index is -0.215. The number of likely N-dealkylation sites (tertiary alicyclic amines) is 1. The van der Waals surface area contributed by atoms with Gasteiger partial charge >= 0.3 is 0 Å². The summed E-state index contributed by atoms with van der Waals surface area (Å²) in [6.45, 7) is 5.44. The molecule has 7 heteroatoms. The predicted octanol–water partition coefficient (Wildman–Crippen LogP) is 1.97. The Labute approximate surface area is 166 Å². The second-order valence-electron chi connectivity index (χ2n) is 7.23. The van der Waals surface area contributed by atoms with Crippen LogP contribution in [0.25, 0.3) is 5.69 Å². The second-order valence-corrected chi connectivity index (χ2v) is 7.23. The molecule has 1 fully saturated rings. The van der Waals surface area contributed by atoms with Crippen molar-refractivity contribution in [3.05, 3.63) is 48.3 Å². The molecule has 0 spiro atoms. The van der Waals surface area contributed by atoms with Gasteiger partial charge in [0.15, 0.2) is 5.96 Å². The lowest BCUT2D eigenvalue weighted by Gasteiger charge is -2.34. The molecule has 150 valence electrons. The number of rotatable bonds is 7. The fraction of sp³-hybridized carbons (Fsp3) is 0.476. The maximum Gasteiger partial charge on any atom is 0.217 e. The van der Waals surface area contributed by atoms with E-state index in [0.717, 1.165) is 57.1 Å². The van der Waals surface area contributed by atoms with Gasteiger partial charge in [0.05, 0.1) is 5.69 Å². The predicted molar refractivity (Wildman–Crippen MR) is 111 cm³/mol. The second kappa shape index (κ2) is 9.92. The number of nitrogens with one attached hydrogen (secondary N) is 1. The third kappa shape index (κ3) is 5.58. The van der Waals surface area contributed by atoms with Crippen LogP contribution < -0.4 is 11.1 Å². The molecule has 0 saturated carbocycles. The first-order valence-corrected chi connectivity index (χ1v) is 10.1. The van der Waals surface area contributed by atoms with Crippen molar-refractivity contribution in [2.24, 2.45) is 16.6 Å². The zero-order valence-corrected chi connectivity index (χ0v) is 16.6. The lowest BCUT2D eigenvalue weighted by Crippen LogP contribution is -2.47. The number of benzene rings is 1. The molecule has 1 atom stereocenters. The molecule has 1 aromatic heterocycles. The van der Waals surface area contributed by atoms with E-state index in [1.165, 1.54) is 5.56 Å². The number of primary amides is 1. The Balaban J connectivity index is 1.57. The first-order chi connectivity index (χ1) is 13.7. The van der Waals surface area contributed by atoms with Gasteiger partial charge in [-0.3, -0.25) is 9.79 Å². The fourth-order valence-corrected chi connectivity index (χ4v) is 3.66. The average Bonchev–Trinajstić information content (AvgIpc) is 3.22. The molecule has 1 aliphatic rings. The summed E-state index contributed by atoms with van der Waals surface area (Å²) in [4.78, 5) is 18.3. The van der Waals surface area contributed by atoms with Crippen LogP contribution in [0.1, 0.15) is 31.7 Å². The minimum absolute atomic E-state index is 0.215. The van der Waals surface area contributed by atoms with Crippen LogP contribution in [0.4, 0.5) is 0 Å². The van der Waals surface area contributed by atoms with E-state index in [4.69, 9.17) is 10.7 Å². The summed E-state index contributed by atoms with van der Waals surface area (Å²) < 4.78 is 1.85. The largest absolute Gasteiger partial charge is 0.370 e. The first kappa shape index (κ1) is 19.9. The Morgan fingerprint density at radius 1 is 1.36 bits per heavy atom. The topological polar surface area (TPSA) is 88.5 Å². The summed E-state index contributed by atoms with van der Waals surface area (Å²) >= 11 is 0. The number of aromatic nitrogens is 2. The minimum Gasteiger partial charge on any atom is -0.370 e. The molecular weight excluding hydrogens is 352 g/mol.